The van der Waals surface area contributed by atoms with Crippen LogP contribution in [0.5, 0.6) is 0 Å². The van der Waals surface area contributed by atoms with E-state index in [4.69, 9.17) is 5.26 Å². The summed E-state index contributed by atoms with van der Waals surface area (Å²) in [6.45, 7) is 1.90. The number of nitriles is 1. The molecule has 0 fully saturated rings. The number of hydrogen-bond donors (Lipinski definition) is 1. The van der Waals surface area contributed by atoms with Crippen molar-refractivity contribution in [3.63, 3.8) is 0 Å². The molecule has 52 valence electrons. The molecular weight excluding hydrogens is 163 g/mol. The zero-order valence-electron chi connectivity index (χ0n) is 6.88. The van der Waals surface area contributed by atoms with Gasteiger partial charge in [-0.3, -0.25) is 4.84 Å². The Morgan fingerprint density at radius 1 is 1.90 bits per heavy atom. The topological polar surface area (TPSA) is 71.3 Å². The predicted molar refractivity (Wildman–Crippen MR) is 28.0 cm³/mol. The minimum absolute atomic E-state index is 0. The van der Waals surface area contributed by atoms with E-state index in [0.717, 1.165) is 0 Å². The van der Waals surface area contributed by atoms with Crippen LogP contribution in [-0.2, 0) is 9.57 Å². The smallest absolute Gasteiger partial charge is 1.00 e. The number of nitrogens with zero attached hydrogens (tertiary/aromatic N) is 1. The molecule has 0 aromatic carbocycles. The Morgan fingerprint density at radius 3 is 2.90 bits per heavy atom. The van der Waals surface area contributed by atoms with Gasteiger partial charge in [0, 0.05) is 0 Å². The molecule has 0 aromatic heterocycles. The second-order valence-electron chi connectivity index (χ2n) is 1.02. The average molecular weight is 170 g/mol. The third-order valence-electron chi connectivity index (χ3n) is 0.455. The van der Waals surface area contributed by atoms with E-state index < -0.39 is 6.09 Å². The van der Waals surface area contributed by atoms with Crippen molar-refractivity contribution >= 4 is 6.09 Å². The van der Waals surface area contributed by atoms with Crippen LogP contribution >= 0.6 is 0 Å². The molecule has 0 saturated heterocycles. The molecule has 0 atom stereocenters. The van der Waals surface area contributed by atoms with Crippen LogP contribution in [0, 0.1) is 11.5 Å². The zero-order valence-corrected chi connectivity index (χ0v) is 9.00. The van der Waals surface area contributed by atoms with Gasteiger partial charge in [0.1, 0.15) is 0 Å². The van der Waals surface area contributed by atoms with Gasteiger partial charge < -0.3 is 6.16 Å². The van der Waals surface area contributed by atoms with Crippen molar-refractivity contribution in [1.82, 2.24) is 5.48 Å². The predicted octanol–water partition coefficient (Wildman–Crippen LogP) is -2.74. The number of hydroxylamine groups is 1. The van der Waals surface area contributed by atoms with Crippen LogP contribution in [0.4, 0.5) is 4.79 Å². The molecule has 0 unspecified atom stereocenters. The van der Waals surface area contributed by atoms with E-state index in [2.05, 4.69) is 9.57 Å². The molecule has 0 aliphatic rings. The first-order valence-corrected chi connectivity index (χ1v) is 2.29. The largest absolute Gasteiger partial charge is 1.00 e. The number of carbonyl (C=O) groups excluding carboxylic acids is 1. The first-order chi connectivity index (χ1) is 4.31. The molecule has 0 saturated carbocycles. The first-order valence-electron chi connectivity index (χ1n) is 2.29. The fraction of sp³-hybridized carbons (Fsp3) is 0.500. The van der Waals surface area contributed by atoms with Crippen LogP contribution in [0.2, 0.25) is 0 Å². The molecule has 1 amide bonds. The maximum Gasteiger partial charge on any atom is 1.00 e. The quantitative estimate of drug-likeness (QED) is 0.277. The fourth-order valence-electron chi connectivity index (χ4n) is 0.225. The maximum atomic E-state index is 10.2. The summed E-state index contributed by atoms with van der Waals surface area (Å²) in [4.78, 5) is 14.0. The van der Waals surface area contributed by atoms with Crippen molar-refractivity contribution in [2.45, 2.75) is 6.92 Å². The van der Waals surface area contributed by atoms with Crippen LogP contribution < -0.4 is 56.9 Å². The van der Waals surface area contributed by atoms with Gasteiger partial charge in [-0.05, 0) is 6.92 Å². The summed E-state index contributed by atoms with van der Waals surface area (Å²) in [5.74, 6) is 0. The van der Waals surface area contributed by atoms with E-state index >= 15 is 0 Å². The molecule has 6 heteroatoms. The Bertz CT molecular complexity index is 138. The van der Waals surface area contributed by atoms with E-state index in [9.17, 15) is 4.79 Å². The van der Waals surface area contributed by atoms with Crippen molar-refractivity contribution in [2.24, 2.45) is 0 Å². The fourth-order valence-corrected chi connectivity index (χ4v) is 0.225. The molecule has 0 rings (SSSR count). The van der Waals surface area contributed by atoms with E-state index in [0.29, 0.717) is 0 Å². The first kappa shape index (κ1) is 12.8. The van der Waals surface area contributed by atoms with Crippen molar-refractivity contribution < 1.29 is 67.2 Å². The van der Waals surface area contributed by atoms with Crippen molar-refractivity contribution in [3.05, 3.63) is 0 Å². The minimum atomic E-state index is -0.765. The van der Waals surface area contributed by atoms with Gasteiger partial charge in [-0.2, -0.15) is 0 Å². The molecule has 0 radical (unpaired) electrons. The molecular formula is C4H7KN2O3. The Kier molecular flexibility index (Phi) is 11.8. The SMILES string of the molecule is CCOC(=O)NOC#N.[H-].[K+]. The molecule has 0 aliphatic carbocycles. The van der Waals surface area contributed by atoms with Gasteiger partial charge in [-0.25, -0.2) is 4.79 Å². The summed E-state index contributed by atoms with van der Waals surface area (Å²) < 4.78 is 4.32. The molecule has 0 aliphatic heterocycles. The van der Waals surface area contributed by atoms with E-state index in [1.54, 1.807) is 12.4 Å². The van der Waals surface area contributed by atoms with Gasteiger partial charge in [0.25, 0.3) is 0 Å². The standard InChI is InChI=1S/C4H6N2O3.K.H/c1-2-8-4(7)6-9-3-5;;/h2H2,1H3,(H,6,7);;/q;+1;-1. The van der Waals surface area contributed by atoms with Gasteiger partial charge >= 0.3 is 63.7 Å². The van der Waals surface area contributed by atoms with Crippen molar-refractivity contribution in [1.29, 1.82) is 5.26 Å². The van der Waals surface area contributed by atoms with Crippen molar-refractivity contribution in [2.75, 3.05) is 6.61 Å². The Balaban J connectivity index is -0.000000320. The zero-order chi connectivity index (χ0) is 7.11. The maximum absolute atomic E-state index is 10.2. The normalized spacial score (nSPS) is 6.40. The van der Waals surface area contributed by atoms with Gasteiger partial charge in [-0.1, -0.05) is 0 Å². The number of amides is 1. The number of nitrogens with one attached hydrogen (secondary N) is 1. The molecule has 0 bridgehead atoms. The van der Waals surface area contributed by atoms with E-state index in [-0.39, 0.29) is 59.4 Å². The van der Waals surface area contributed by atoms with Crippen LogP contribution in [0.15, 0.2) is 0 Å². The van der Waals surface area contributed by atoms with E-state index in [1.807, 2.05) is 0 Å². The van der Waals surface area contributed by atoms with Crippen LogP contribution in [0.1, 0.15) is 8.35 Å². The number of rotatable bonds is 2. The molecule has 0 spiro atoms. The summed E-state index contributed by atoms with van der Waals surface area (Å²) in [6, 6.07) is 0. The van der Waals surface area contributed by atoms with Crippen molar-refractivity contribution in [3.8, 4) is 6.26 Å². The molecule has 0 heterocycles. The second-order valence-corrected chi connectivity index (χ2v) is 1.02. The average Bonchev–Trinajstić information content (AvgIpc) is 1.85. The van der Waals surface area contributed by atoms with Crippen LogP contribution in [-0.4, -0.2) is 12.7 Å². The Morgan fingerprint density at radius 2 is 2.50 bits per heavy atom. The molecule has 1 N–H and O–H groups in total. The summed E-state index contributed by atoms with van der Waals surface area (Å²) in [5, 5.41) is 7.74. The molecule has 0 aromatic rings. The third-order valence-corrected chi connectivity index (χ3v) is 0.455. The third kappa shape index (κ3) is 8.20. The van der Waals surface area contributed by atoms with E-state index in [1.165, 1.54) is 6.26 Å². The van der Waals surface area contributed by atoms with Gasteiger partial charge in [0.15, 0.2) is 0 Å². The van der Waals surface area contributed by atoms with Gasteiger partial charge in [0.05, 0.1) is 6.61 Å². The summed E-state index contributed by atoms with van der Waals surface area (Å²) in [5.41, 5.74) is 1.71. The van der Waals surface area contributed by atoms with Gasteiger partial charge in [-0.15, -0.1) is 10.7 Å². The number of carbonyl (C=O) groups is 1. The Labute approximate surface area is 103 Å². The monoisotopic (exact) mass is 170 g/mol. The minimum Gasteiger partial charge on any atom is -1.00 e. The van der Waals surface area contributed by atoms with Crippen LogP contribution in [0.3, 0.4) is 0 Å². The number of hydrogen-bond acceptors (Lipinski definition) is 4. The number of ether oxygens (including phenoxy) is 1. The summed E-state index contributed by atoms with van der Waals surface area (Å²) in [7, 11) is 0. The summed E-state index contributed by atoms with van der Waals surface area (Å²) >= 11 is 0. The van der Waals surface area contributed by atoms with Crippen LogP contribution in [0.25, 0.3) is 0 Å². The Hall–Kier alpha value is 0.196. The molecule has 5 nitrogen and oxygen atoms in total. The molecule has 10 heavy (non-hydrogen) atoms. The second kappa shape index (κ2) is 9.20. The summed E-state index contributed by atoms with van der Waals surface area (Å²) in [6.07, 6.45) is 0.480. The van der Waals surface area contributed by atoms with Gasteiger partial charge in [0.2, 0.25) is 0 Å².